The third-order valence-corrected chi connectivity index (χ3v) is 12.6. The van der Waals surface area contributed by atoms with Crippen molar-refractivity contribution in [3.8, 4) is 44.8 Å². The molecule has 0 aliphatic heterocycles. The van der Waals surface area contributed by atoms with Crippen LogP contribution in [-0.2, 0) is 45.8 Å². The summed E-state index contributed by atoms with van der Waals surface area (Å²) in [6.07, 6.45) is 9.56. The molecule has 0 aliphatic rings. The van der Waals surface area contributed by atoms with Crippen LogP contribution in [0, 0.1) is 18.2 Å². The van der Waals surface area contributed by atoms with E-state index in [9.17, 15) is 0 Å². The molecule has 0 spiro atoms. The predicted octanol–water partition coefficient (Wildman–Crippen LogP) is 13.8. The van der Waals surface area contributed by atoms with E-state index in [2.05, 4.69) is 150 Å². The maximum absolute atomic E-state index is 5.31. The van der Waals surface area contributed by atoms with Crippen molar-refractivity contribution in [2.75, 3.05) is 0 Å². The first-order chi connectivity index (χ1) is 32.2. The zero-order valence-electron chi connectivity index (χ0n) is 35.9. The van der Waals surface area contributed by atoms with E-state index in [0.717, 1.165) is 103 Å². The van der Waals surface area contributed by atoms with Gasteiger partial charge in [-0.1, -0.05) is 91.0 Å². The van der Waals surface area contributed by atoms with Crippen molar-refractivity contribution in [1.29, 1.82) is 0 Å². The average molecular weight is 1020 g/mol. The minimum Gasteiger partial charge on any atom is -0.335 e. The van der Waals surface area contributed by atoms with E-state index in [1.165, 1.54) is 38.6 Å². The molecule has 0 atom stereocenters. The molecule has 6 heteroatoms. The number of aromatic nitrogens is 5. The summed E-state index contributed by atoms with van der Waals surface area (Å²) in [5.74, 6) is 0. The second kappa shape index (κ2) is 17.7. The maximum Gasteiger partial charge on any atom is 3.00 e. The summed E-state index contributed by atoms with van der Waals surface area (Å²) in [5.41, 5.74) is 18.2. The molecule has 5 heterocycles. The van der Waals surface area contributed by atoms with E-state index >= 15 is 0 Å². The van der Waals surface area contributed by atoms with Crippen LogP contribution in [0.3, 0.4) is 0 Å². The summed E-state index contributed by atoms with van der Waals surface area (Å²) in [6.45, 7) is 0. The normalized spacial score (nSPS) is 11.5. The van der Waals surface area contributed by atoms with Crippen LogP contribution in [0.25, 0.3) is 94.0 Å². The van der Waals surface area contributed by atoms with Gasteiger partial charge in [0, 0.05) is 29.5 Å². The average Bonchev–Trinajstić information content (AvgIpc) is 3.76. The Bertz CT molecular complexity index is 3590. The summed E-state index contributed by atoms with van der Waals surface area (Å²) in [7, 11) is 0. The minimum atomic E-state index is 0. The van der Waals surface area contributed by atoms with E-state index in [4.69, 9.17) is 19.9 Å². The number of imidazole rings is 1. The Labute approximate surface area is 396 Å². The van der Waals surface area contributed by atoms with Gasteiger partial charge in [-0.05, 0) is 116 Å². The summed E-state index contributed by atoms with van der Waals surface area (Å²) in [4.78, 5) is 20.1. The predicted molar refractivity (Wildman–Crippen MR) is 265 cm³/mol. The molecule has 0 saturated heterocycles. The smallest absolute Gasteiger partial charge is 0.335 e. The molecule has 0 bridgehead atoms. The summed E-state index contributed by atoms with van der Waals surface area (Å²) in [5, 5.41) is 4.33. The van der Waals surface area contributed by atoms with Crippen molar-refractivity contribution in [2.24, 2.45) is 0 Å². The second-order valence-electron chi connectivity index (χ2n) is 16.7. The number of pyridine rings is 4. The van der Waals surface area contributed by atoms with Crippen molar-refractivity contribution in [3.05, 3.63) is 235 Å². The van der Waals surface area contributed by atoms with E-state index < -0.39 is 0 Å². The van der Waals surface area contributed by atoms with Gasteiger partial charge < -0.3 is 19.4 Å². The van der Waals surface area contributed by atoms with Gasteiger partial charge in [0.1, 0.15) is 5.65 Å². The molecule has 0 amide bonds. The standard InChI is InChI=1S/C60H40N5.Ir/c1-3-13-44(14-4-1)54-29-27-40(37-61-54)23-25-42-31-43(26-24-41-28-30-55(62-38-41)45-15-5-2-6-16-45)33-48(32-42)50-19-9-10-20-51(50)49-34-53-59(63-39-49)52-21-11-12-22-57(52)65-58-36-47-18-8-7-17-46(47)35-56(58)64-60(53)65;/h1-13,15,17-20,22,27-39H,23-26H2;/q-3;+3. The molecule has 0 unspecified atom stereocenters. The van der Waals surface area contributed by atoms with Crippen LogP contribution in [0.5, 0.6) is 0 Å². The second-order valence-corrected chi connectivity index (χ2v) is 16.7. The molecular weight excluding hydrogens is 983 g/mol. The summed E-state index contributed by atoms with van der Waals surface area (Å²) in [6, 6.07) is 72.0. The zero-order chi connectivity index (χ0) is 43.1. The van der Waals surface area contributed by atoms with Gasteiger partial charge in [-0.2, -0.15) is 0 Å². The van der Waals surface area contributed by atoms with Crippen molar-refractivity contribution >= 4 is 49.3 Å². The molecule has 66 heavy (non-hydrogen) atoms. The third kappa shape index (κ3) is 7.85. The van der Waals surface area contributed by atoms with Crippen molar-refractivity contribution in [2.45, 2.75) is 25.7 Å². The van der Waals surface area contributed by atoms with Crippen LogP contribution in [-0.4, -0.2) is 24.3 Å². The molecule has 12 aromatic rings. The van der Waals surface area contributed by atoms with Crippen LogP contribution in [0.1, 0.15) is 22.3 Å². The quantitative estimate of drug-likeness (QED) is 0.101. The third-order valence-electron chi connectivity index (χ3n) is 12.6. The monoisotopic (exact) mass is 1020 g/mol. The summed E-state index contributed by atoms with van der Waals surface area (Å²) < 4.78 is 2.29. The Balaban J connectivity index is 0.00000481. The van der Waals surface area contributed by atoms with E-state index in [1.54, 1.807) is 0 Å². The number of hydrogen-bond acceptors (Lipinski definition) is 4. The number of aryl methyl sites for hydroxylation is 4. The van der Waals surface area contributed by atoms with Crippen molar-refractivity contribution in [3.63, 3.8) is 0 Å². The van der Waals surface area contributed by atoms with Crippen LogP contribution in [0.15, 0.2) is 195 Å². The fourth-order valence-electron chi connectivity index (χ4n) is 9.31. The number of nitrogens with zero attached hydrogens (tertiary/aromatic N) is 5. The van der Waals surface area contributed by atoms with Gasteiger partial charge in [0.2, 0.25) is 0 Å². The van der Waals surface area contributed by atoms with Crippen molar-refractivity contribution < 1.29 is 20.1 Å². The largest absolute Gasteiger partial charge is 3.00 e. The van der Waals surface area contributed by atoms with Crippen LogP contribution in [0.4, 0.5) is 0 Å². The van der Waals surface area contributed by atoms with E-state index in [1.807, 2.05) is 67.1 Å². The number of fused-ring (bicyclic) bond motifs is 9. The minimum absolute atomic E-state index is 0. The van der Waals surface area contributed by atoms with Gasteiger partial charge >= 0.3 is 20.1 Å². The van der Waals surface area contributed by atoms with Crippen LogP contribution in [0.2, 0.25) is 0 Å². The maximum atomic E-state index is 5.31. The van der Waals surface area contributed by atoms with E-state index in [0.29, 0.717) is 0 Å². The van der Waals surface area contributed by atoms with Gasteiger partial charge in [0.15, 0.2) is 0 Å². The van der Waals surface area contributed by atoms with Gasteiger partial charge in [-0.15, -0.1) is 101 Å². The molecule has 12 rings (SSSR count). The topological polar surface area (TPSA) is 56.0 Å². The SMILES string of the molecule is [Ir+3].[c-]1ccccc1-c1ccc(CCc2cc(CCc3ccc(-c4[c-]cccc4)nc3)cc(-c3ccccc3-c3cnc4c5[c-]cccc5n5c6cc7ccccc7cc6nc5c4c3)c2)cn1. The van der Waals surface area contributed by atoms with Gasteiger partial charge in [0.05, 0.1) is 11.0 Å². The zero-order valence-corrected chi connectivity index (χ0v) is 38.3. The fraction of sp³-hybridized carbons (Fsp3) is 0.0667. The number of benzene rings is 7. The number of rotatable bonds is 10. The Morgan fingerprint density at radius 2 is 1.03 bits per heavy atom. The molecule has 314 valence electrons. The van der Waals surface area contributed by atoms with Gasteiger partial charge in [-0.25, -0.2) is 4.98 Å². The molecule has 5 aromatic heterocycles. The molecular formula is C60H40IrN5. The van der Waals surface area contributed by atoms with Crippen LogP contribution < -0.4 is 0 Å². The Hall–Kier alpha value is -7.63. The fourth-order valence-corrected chi connectivity index (χ4v) is 9.31. The first-order valence-corrected chi connectivity index (χ1v) is 22.2. The molecule has 0 N–H and O–H groups in total. The molecule has 0 fully saturated rings. The summed E-state index contributed by atoms with van der Waals surface area (Å²) >= 11 is 0. The molecule has 0 saturated carbocycles. The molecule has 7 aromatic carbocycles. The molecule has 5 nitrogen and oxygen atoms in total. The Kier molecular flexibility index (Phi) is 11.0. The van der Waals surface area contributed by atoms with Gasteiger partial charge in [-0.3, -0.25) is 0 Å². The number of hydrogen-bond donors (Lipinski definition) is 0. The van der Waals surface area contributed by atoms with Crippen LogP contribution >= 0.6 is 0 Å². The molecule has 0 aliphatic carbocycles. The van der Waals surface area contributed by atoms with Gasteiger partial charge in [0.25, 0.3) is 0 Å². The Morgan fingerprint density at radius 3 is 1.65 bits per heavy atom. The first kappa shape index (κ1) is 41.1. The van der Waals surface area contributed by atoms with Crippen molar-refractivity contribution in [1.82, 2.24) is 24.3 Å². The Morgan fingerprint density at radius 1 is 0.439 bits per heavy atom. The first-order valence-electron chi connectivity index (χ1n) is 22.2. The van der Waals surface area contributed by atoms with E-state index in [-0.39, 0.29) is 20.1 Å². The molecule has 0 radical (unpaired) electrons.